The fourth-order valence-corrected chi connectivity index (χ4v) is 4.05. The van der Waals surface area contributed by atoms with E-state index in [2.05, 4.69) is 10.6 Å². The SMILES string of the molecule is CC(C)(C(=O)Nc1ccc(Cl)cc1)C(=O)Nc1ccccc1S(=O)(=O)n1cccc1. The standard InChI is InChI=1S/C21H20ClN3O4S/c1-21(2,19(26)23-16-11-9-15(22)10-12-16)20(27)24-17-7-3-4-8-18(17)30(28,29)25-13-5-6-14-25/h3-14H,1-2H3,(H,23,26)(H,24,27). The van der Waals surface area contributed by atoms with Crippen molar-refractivity contribution in [2.75, 3.05) is 10.6 Å². The normalized spacial score (nSPS) is 11.7. The molecule has 7 nitrogen and oxygen atoms in total. The number of carbonyl (C=O) groups is 2. The van der Waals surface area contributed by atoms with Gasteiger partial charge < -0.3 is 10.6 Å². The van der Waals surface area contributed by atoms with Gasteiger partial charge in [0.05, 0.1) is 5.69 Å². The van der Waals surface area contributed by atoms with Crippen LogP contribution in [0.5, 0.6) is 0 Å². The van der Waals surface area contributed by atoms with Crippen LogP contribution in [-0.4, -0.2) is 24.2 Å². The lowest BCUT2D eigenvalue weighted by Crippen LogP contribution is -2.41. The molecule has 9 heteroatoms. The lowest BCUT2D eigenvalue weighted by molar-refractivity contribution is -0.135. The van der Waals surface area contributed by atoms with Crippen LogP contribution in [0.3, 0.4) is 0 Å². The fourth-order valence-electron chi connectivity index (χ4n) is 2.59. The van der Waals surface area contributed by atoms with Crippen molar-refractivity contribution in [2.24, 2.45) is 5.41 Å². The van der Waals surface area contributed by atoms with Gasteiger partial charge in [-0.05, 0) is 62.4 Å². The number of carbonyl (C=O) groups excluding carboxylic acids is 2. The second-order valence-corrected chi connectivity index (χ2v) is 9.30. The quantitative estimate of drug-likeness (QED) is 0.561. The topological polar surface area (TPSA) is 97.3 Å². The third-order valence-corrected chi connectivity index (χ3v) is 6.47. The van der Waals surface area contributed by atoms with Gasteiger partial charge in [0.1, 0.15) is 10.3 Å². The lowest BCUT2D eigenvalue weighted by Gasteiger charge is -2.23. The molecule has 0 radical (unpaired) electrons. The van der Waals surface area contributed by atoms with Crippen LogP contribution in [-0.2, 0) is 19.6 Å². The molecule has 3 aromatic rings. The van der Waals surface area contributed by atoms with Gasteiger partial charge >= 0.3 is 0 Å². The molecular formula is C21H20ClN3O4S. The highest BCUT2D eigenvalue weighted by atomic mass is 35.5. The first-order valence-corrected chi connectivity index (χ1v) is 10.8. The molecule has 2 amide bonds. The zero-order chi connectivity index (χ0) is 21.9. The van der Waals surface area contributed by atoms with Crippen LogP contribution in [0.25, 0.3) is 0 Å². The number of anilines is 2. The van der Waals surface area contributed by atoms with Crippen molar-refractivity contribution in [2.45, 2.75) is 18.7 Å². The molecule has 0 aliphatic rings. The molecule has 0 bridgehead atoms. The zero-order valence-electron chi connectivity index (χ0n) is 16.3. The van der Waals surface area contributed by atoms with Gasteiger partial charge in [-0.25, -0.2) is 12.4 Å². The van der Waals surface area contributed by atoms with Crippen molar-refractivity contribution < 1.29 is 18.0 Å². The Bertz CT molecular complexity index is 1170. The molecule has 2 N–H and O–H groups in total. The molecule has 0 atom stereocenters. The van der Waals surface area contributed by atoms with Gasteiger partial charge in [0.25, 0.3) is 10.0 Å². The van der Waals surface area contributed by atoms with Gasteiger partial charge in [0, 0.05) is 23.1 Å². The van der Waals surface area contributed by atoms with Gasteiger partial charge in [-0.2, -0.15) is 0 Å². The van der Waals surface area contributed by atoms with Crippen LogP contribution >= 0.6 is 11.6 Å². The number of hydrogen-bond acceptors (Lipinski definition) is 4. The highest BCUT2D eigenvalue weighted by molar-refractivity contribution is 7.90. The number of rotatable bonds is 6. The van der Waals surface area contributed by atoms with E-state index in [0.29, 0.717) is 10.7 Å². The number of nitrogens with zero attached hydrogens (tertiary/aromatic N) is 1. The minimum Gasteiger partial charge on any atom is -0.325 e. The smallest absolute Gasteiger partial charge is 0.269 e. The van der Waals surface area contributed by atoms with Crippen molar-refractivity contribution in [3.05, 3.63) is 78.1 Å². The molecule has 2 aromatic carbocycles. The molecule has 0 fully saturated rings. The van der Waals surface area contributed by atoms with E-state index in [4.69, 9.17) is 11.6 Å². The first kappa shape index (κ1) is 21.6. The summed E-state index contributed by atoms with van der Waals surface area (Å²) in [4.78, 5) is 25.5. The van der Waals surface area contributed by atoms with Crippen LogP contribution in [0, 0.1) is 5.41 Å². The Labute approximate surface area is 179 Å². The molecule has 3 rings (SSSR count). The molecule has 1 heterocycles. The van der Waals surface area contributed by atoms with Crippen LogP contribution in [0.15, 0.2) is 78.0 Å². The monoisotopic (exact) mass is 445 g/mol. The lowest BCUT2D eigenvalue weighted by atomic mass is 9.90. The van der Waals surface area contributed by atoms with Gasteiger partial charge in [-0.1, -0.05) is 23.7 Å². The predicted octanol–water partition coefficient (Wildman–Crippen LogP) is 3.98. The minimum atomic E-state index is -3.90. The number of hydrogen-bond donors (Lipinski definition) is 2. The molecular weight excluding hydrogens is 426 g/mol. The molecule has 156 valence electrons. The maximum Gasteiger partial charge on any atom is 0.269 e. The second-order valence-electron chi connectivity index (χ2n) is 7.05. The average molecular weight is 446 g/mol. The van der Waals surface area contributed by atoms with E-state index in [1.807, 2.05) is 0 Å². The Morgan fingerprint density at radius 2 is 1.43 bits per heavy atom. The van der Waals surface area contributed by atoms with Crippen molar-refractivity contribution in [1.82, 2.24) is 3.97 Å². The number of halogens is 1. The zero-order valence-corrected chi connectivity index (χ0v) is 17.9. The van der Waals surface area contributed by atoms with E-state index >= 15 is 0 Å². The first-order chi connectivity index (χ1) is 14.1. The van der Waals surface area contributed by atoms with Gasteiger partial charge in [-0.15, -0.1) is 0 Å². The average Bonchev–Trinajstić information content (AvgIpc) is 3.25. The third-order valence-electron chi connectivity index (χ3n) is 4.51. The molecule has 30 heavy (non-hydrogen) atoms. The van der Waals surface area contributed by atoms with E-state index < -0.39 is 27.3 Å². The summed E-state index contributed by atoms with van der Waals surface area (Å²) in [6.07, 6.45) is 2.80. The van der Waals surface area contributed by atoms with E-state index in [1.165, 1.54) is 38.4 Å². The summed E-state index contributed by atoms with van der Waals surface area (Å²) in [5.74, 6) is -1.20. The molecule has 0 unspecified atom stereocenters. The fraction of sp³-hybridized carbons (Fsp3) is 0.143. The third kappa shape index (κ3) is 4.39. The predicted molar refractivity (Wildman–Crippen MR) is 116 cm³/mol. The maximum absolute atomic E-state index is 12.9. The Morgan fingerprint density at radius 3 is 2.07 bits per heavy atom. The van der Waals surface area contributed by atoms with E-state index in [1.54, 1.807) is 48.5 Å². The van der Waals surface area contributed by atoms with E-state index in [-0.39, 0.29) is 10.6 Å². The molecule has 0 saturated heterocycles. The van der Waals surface area contributed by atoms with Crippen molar-refractivity contribution >= 4 is 44.8 Å². The summed E-state index contributed by atoms with van der Waals surface area (Å²) in [5.41, 5.74) is -0.909. The maximum atomic E-state index is 12.9. The number of benzene rings is 2. The van der Waals surface area contributed by atoms with Gasteiger partial charge in [0.15, 0.2) is 0 Å². The number of nitrogens with one attached hydrogen (secondary N) is 2. The molecule has 1 aromatic heterocycles. The summed E-state index contributed by atoms with van der Waals surface area (Å²) in [6, 6.07) is 15.7. The van der Waals surface area contributed by atoms with Gasteiger partial charge in [-0.3, -0.25) is 9.59 Å². The molecule has 0 saturated carbocycles. The highest BCUT2D eigenvalue weighted by Gasteiger charge is 2.37. The molecule has 0 aliphatic heterocycles. The second kappa shape index (κ2) is 8.33. The van der Waals surface area contributed by atoms with Crippen LogP contribution in [0.1, 0.15) is 13.8 Å². The highest BCUT2D eigenvalue weighted by Crippen LogP contribution is 2.27. The number of aromatic nitrogens is 1. The Balaban J connectivity index is 1.83. The van der Waals surface area contributed by atoms with Crippen molar-refractivity contribution in [3.8, 4) is 0 Å². The van der Waals surface area contributed by atoms with Crippen molar-refractivity contribution in [3.63, 3.8) is 0 Å². The van der Waals surface area contributed by atoms with E-state index in [9.17, 15) is 18.0 Å². The number of amides is 2. The van der Waals surface area contributed by atoms with Crippen molar-refractivity contribution in [1.29, 1.82) is 0 Å². The van der Waals surface area contributed by atoms with Crippen LogP contribution in [0.2, 0.25) is 5.02 Å². The molecule has 0 aliphatic carbocycles. The summed E-state index contributed by atoms with van der Waals surface area (Å²) in [7, 11) is -3.90. The Hall–Kier alpha value is -3.10. The Kier molecular flexibility index (Phi) is 6.00. The first-order valence-electron chi connectivity index (χ1n) is 8.98. The van der Waals surface area contributed by atoms with Crippen LogP contribution in [0.4, 0.5) is 11.4 Å². The summed E-state index contributed by atoms with van der Waals surface area (Å²) < 4.78 is 26.8. The number of para-hydroxylation sites is 1. The summed E-state index contributed by atoms with van der Waals surface area (Å²) in [5, 5.41) is 5.76. The van der Waals surface area contributed by atoms with Gasteiger partial charge in [0.2, 0.25) is 11.8 Å². The largest absolute Gasteiger partial charge is 0.325 e. The van der Waals surface area contributed by atoms with Crippen LogP contribution < -0.4 is 10.6 Å². The summed E-state index contributed by atoms with van der Waals surface area (Å²) >= 11 is 5.84. The Morgan fingerprint density at radius 1 is 0.867 bits per heavy atom. The summed E-state index contributed by atoms with van der Waals surface area (Å²) in [6.45, 7) is 2.91. The molecule has 0 spiro atoms. The minimum absolute atomic E-state index is 0.0801. The van der Waals surface area contributed by atoms with E-state index in [0.717, 1.165) is 3.97 Å².